The number of carboxylic acids is 1. The number of benzene rings is 2. The number of rotatable bonds is 2. The molecule has 0 fully saturated rings. The highest BCUT2D eigenvalue weighted by molar-refractivity contribution is 5.89. The third-order valence-electron chi connectivity index (χ3n) is 3.85. The quantitative estimate of drug-likeness (QED) is 0.878. The maximum atomic E-state index is 13.9. The van der Waals surface area contributed by atoms with Crippen molar-refractivity contribution in [3.8, 4) is 11.1 Å². The molecule has 0 heterocycles. The average Bonchev–Trinajstić information content (AvgIpc) is 2.36. The fourth-order valence-electron chi connectivity index (χ4n) is 2.49. The van der Waals surface area contributed by atoms with E-state index in [9.17, 15) is 9.18 Å². The predicted molar refractivity (Wildman–Crippen MR) is 77.7 cm³/mol. The van der Waals surface area contributed by atoms with Gasteiger partial charge in [-0.15, -0.1) is 0 Å². The third-order valence-corrected chi connectivity index (χ3v) is 3.85. The number of hydrogen-bond acceptors (Lipinski definition) is 1. The van der Waals surface area contributed by atoms with E-state index in [2.05, 4.69) is 6.07 Å². The van der Waals surface area contributed by atoms with E-state index in [1.54, 1.807) is 6.07 Å². The Bertz CT molecular complexity index is 676. The number of aromatic carboxylic acids is 1. The molecule has 2 rings (SSSR count). The molecule has 0 aromatic heterocycles. The zero-order valence-electron chi connectivity index (χ0n) is 12.0. The summed E-state index contributed by atoms with van der Waals surface area (Å²) in [6, 6.07) is 6.40. The van der Waals surface area contributed by atoms with Crippen LogP contribution in [0, 0.1) is 33.5 Å². The molecule has 0 aliphatic heterocycles. The lowest BCUT2D eigenvalue weighted by Crippen LogP contribution is -2.01. The minimum Gasteiger partial charge on any atom is -0.478 e. The first-order chi connectivity index (χ1) is 9.32. The lowest BCUT2D eigenvalue weighted by Gasteiger charge is -2.16. The van der Waals surface area contributed by atoms with E-state index < -0.39 is 11.8 Å². The van der Waals surface area contributed by atoms with E-state index in [1.807, 2.05) is 27.7 Å². The van der Waals surface area contributed by atoms with Crippen molar-refractivity contribution in [3.63, 3.8) is 0 Å². The van der Waals surface area contributed by atoms with Crippen LogP contribution in [0.2, 0.25) is 0 Å². The monoisotopic (exact) mass is 272 g/mol. The number of aryl methyl sites for hydroxylation is 2. The molecule has 1 N–H and O–H groups in total. The summed E-state index contributed by atoms with van der Waals surface area (Å²) in [6.45, 7) is 8.04. The highest BCUT2D eigenvalue weighted by Gasteiger charge is 2.15. The van der Waals surface area contributed by atoms with Gasteiger partial charge in [-0.2, -0.15) is 0 Å². The summed E-state index contributed by atoms with van der Waals surface area (Å²) in [6.07, 6.45) is 0. The summed E-state index contributed by atoms with van der Waals surface area (Å²) in [4.78, 5) is 10.9. The Labute approximate surface area is 117 Å². The number of hydrogen-bond donors (Lipinski definition) is 1. The molecule has 3 heteroatoms. The fourth-order valence-corrected chi connectivity index (χ4v) is 2.49. The van der Waals surface area contributed by atoms with Crippen molar-refractivity contribution in [2.45, 2.75) is 27.7 Å². The van der Waals surface area contributed by atoms with Crippen LogP contribution >= 0.6 is 0 Å². The normalized spacial score (nSPS) is 10.7. The summed E-state index contributed by atoms with van der Waals surface area (Å²) in [5, 5.41) is 8.88. The highest BCUT2D eigenvalue weighted by Crippen LogP contribution is 2.32. The molecular weight excluding hydrogens is 255 g/mol. The molecule has 0 aliphatic carbocycles. The fraction of sp³-hybridized carbons (Fsp3) is 0.235. The Morgan fingerprint density at radius 2 is 1.55 bits per heavy atom. The molecule has 2 nitrogen and oxygen atoms in total. The summed E-state index contributed by atoms with van der Waals surface area (Å²) in [7, 11) is 0. The van der Waals surface area contributed by atoms with Crippen LogP contribution in [0.5, 0.6) is 0 Å². The van der Waals surface area contributed by atoms with Gasteiger partial charge in [-0.05, 0) is 73.2 Å². The van der Waals surface area contributed by atoms with Crippen molar-refractivity contribution < 1.29 is 14.3 Å². The average molecular weight is 272 g/mol. The summed E-state index contributed by atoms with van der Waals surface area (Å²) in [5.74, 6) is -1.95. The van der Waals surface area contributed by atoms with Gasteiger partial charge in [0.25, 0.3) is 0 Å². The Hall–Kier alpha value is -2.16. The molecule has 2 aromatic rings. The summed E-state index contributed by atoms with van der Waals surface area (Å²) in [5.41, 5.74) is 5.88. The van der Waals surface area contributed by atoms with Gasteiger partial charge in [0.1, 0.15) is 5.82 Å². The van der Waals surface area contributed by atoms with Crippen molar-refractivity contribution in [1.29, 1.82) is 0 Å². The van der Waals surface area contributed by atoms with Crippen LogP contribution in [0.1, 0.15) is 32.6 Å². The second-order valence-corrected chi connectivity index (χ2v) is 5.14. The molecule has 0 unspecified atom stereocenters. The van der Waals surface area contributed by atoms with Gasteiger partial charge >= 0.3 is 5.97 Å². The summed E-state index contributed by atoms with van der Waals surface area (Å²) >= 11 is 0. The third kappa shape index (κ3) is 2.31. The van der Waals surface area contributed by atoms with Crippen LogP contribution in [0.4, 0.5) is 4.39 Å². The van der Waals surface area contributed by atoms with Crippen LogP contribution < -0.4 is 0 Å². The van der Waals surface area contributed by atoms with Crippen molar-refractivity contribution in [2.24, 2.45) is 0 Å². The zero-order chi connectivity index (χ0) is 15.0. The maximum Gasteiger partial charge on any atom is 0.338 e. The van der Waals surface area contributed by atoms with Crippen LogP contribution in [0.3, 0.4) is 0 Å². The van der Waals surface area contributed by atoms with E-state index in [0.717, 1.165) is 27.8 Å². The van der Waals surface area contributed by atoms with E-state index >= 15 is 0 Å². The molecule has 104 valence electrons. The van der Waals surface area contributed by atoms with Gasteiger partial charge in [0, 0.05) is 0 Å². The maximum absolute atomic E-state index is 13.9. The van der Waals surface area contributed by atoms with Gasteiger partial charge < -0.3 is 5.11 Å². The molecule has 0 aliphatic rings. The molecule has 0 atom stereocenters. The predicted octanol–water partition coefficient (Wildman–Crippen LogP) is 4.42. The van der Waals surface area contributed by atoms with Gasteiger partial charge in [-0.3, -0.25) is 0 Å². The van der Waals surface area contributed by atoms with Gasteiger partial charge in [0.15, 0.2) is 0 Å². The summed E-state index contributed by atoms with van der Waals surface area (Å²) < 4.78 is 13.9. The van der Waals surface area contributed by atoms with E-state index in [1.165, 1.54) is 12.1 Å². The molecule has 0 radical (unpaired) electrons. The van der Waals surface area contributed by atoms with Gasteiger partial charge in [-0.25, -0.2) is 9.18 Å². The van der Waals surface area contributed by atoms with E-state index in [4.69, 9.17) is 5.11 Å². The number of halogens is 1. The van der Waals surface area contributed by atoms with E-state index in [0.29, 0.717) is 5.56 Å². The minimum atomic E-state index is -1.25. The molecule has 20 heavy (non-hydrogen) atoms. The molecule has 0 bridgehead atoms. The largest absolute Gasteiger partial charge is 0.478 e. The first-order valence-electron chi connectivity index (χ1n) is 6.43. The van der Waals surface area contributed by atoms with Crippen LogP contribution in [-0.4, -0.2) is 11.1 Å². The van der Waals surface area contributed by atoms with Crippen molar-refractivity contribution in [1.82, 2.24) is 0 Å². The smallest absolute Gasteiger partial charge is 0.338 e. The Morgan fingerprint density at radius 1 is 1.00 bits per heavy atom. The highest BCUT2D eigenvalue weighted by atomic mass is 19.1. The lowest BCUT2D eigenvalue weighted by atomic mass is 9.89. The van der Waals surface area contributed by atoms with Crippen LogP contribution in [0.25, 0.3) is 11.1 Å². The second kappa shape index (κ2) is 5.08. The van der Waals surface area contributed by atoms with E-state index in [-0.39, 0.29) is 5.56 Å². The standard InChI is InChI=1S/C17H17FO2/c1-9-7-10(2)12(4)16(11(9)3)13-5-6-14(17(19)20)15(18)8-13/h5-8H,1-4H3,(H,19,20). The van der Waals surface area contributed by atoms with Crippen LogP contribution in [0.15, 0.2) is 24.3 Å². The molecule has 0 saturated carbocycles. The number of carboxylic acid groups (broad SMARTS) is 1. The first-order valence-corrected chi connectivity index (χ1v) is 6.43. The van der Waals surface area contributed by atoms with Gasteiger partial charge in [0.2, 0.25) is 0 Å². The van der Waals surface area contributed by atoms with Gasteiger partial charge in [-0.1, -0.05) is 12.1 Å². The van der Waals surface area contributed by atoms with Crippen molar-refractivity contribution in [2.75, 3.05) is 0 Å². The second-order valence-electron chi connectivity index (χ2n) is 5.14. The first kappa shape index (κ1) is 14.3. The molecule has 0 amide bonds. The minimum absolute atomic E-state index is 0.298. The molecular formula is C17H17FO2. The lowest BCUT2D eigenvalue weighted by molar-refractivity contribution is 0.0692. The van der Waals surface area contributed by atoms with Gasteiger partial charge in [0.05, 0.1) is 5.56 Å². The number of carbonyl (C=O) groups is 1. The van der Waals surface area contributed by atoms with Crippen molar-refractivity contribution >= 4 is 5.97 Å². The Balaban J connectivity index is 2.69. The molecule has 0 saturated heterocycles. The Morgan fingerprint density at radius 3 is 2.00 bits per heavy atom. The van der Waals surface area contributed by atoms with Crippen molar-refractivity contribution in [3.05, 3.63) is 57.9 Å². The van der Waals surface area contributed by atoms with Crippen LogP contribution in [-0.2, 0) is 0 Å². The molecule has 2 aromatic carbocycles. The Kier molecular flexibility index (Phi) is 3.62. The topological polar surface area (TPSA) is 37.3 Å². The molecule has 0 spiro atoms. The SMILES string of the molecule is Cc1cc(C)c(C)c(-c2ccc(C(=O)O)c(F)c2)c1C. The zero-order valence-corrected chi connectivity index (χ0v) is 12.0.